The lowest BCUT2D eigenvalue weighted by molar-refractivity contribution is -0.137. The maximum atomic E-state index is 12.7. The van der Waals surface area contributed by atoms with Crippen LogP contribution in [0.3, 0.4) is 0 Å². The third-order valence-corrected chi connectivity index (χ3v) is 3.84. The minimum atomic E-state index is -4.50. The highest BCUT2D eigenvalue weighted by atomic mass is 35.5. The molecule has 2 aromatic carbocycles. The molecule has 0 heterocycles. The van der Waals surface area contributed by atoms with Gasteiger partial charge in [-0.05, 0) is 60.5 Å². The van der Waals surface area contributed by atoms with Crippen molar-refractivity contribution in [2.75, 3.05) is 5.32 Å². The normalized spacial score (nSPS) is 11.6. The Morgan fingerprint density at radius 3 is 2.42 bits per heavy atom. The molecule has 3 N–H and O–H groups in total. The summed E-state index contributed by atoms with van der Waals surface area (Å²) in [5, 5.41) is 2.63. The summed E-state index contributed by atoms with van der Waals surface area (Å²) in [5.41, 5.74) is 5.74. The van der Waals surface area contributed by atoms with Gasteiger partial charge in [-0.1, -0.05) is 11.6 Å². The lowest BCUT2D eigenvalue weighted by Gasteiger charge is -2.08. The van der Waals surface area contributed by atoms with E-state index in [-0.39, 0.29) is 10.6 Å². The molecule has 0 saturated heterocycles. The summed E-state index contributed by atoms with van der Waals surface area (Å²) in [6.07, 6.45) is -2.24. The SMILES string of the molecule is Cc1cc(NC(=O)/C=C/c2cc(C(F)(F)F)ccc2Cl)ccc1C(N)=O. The molecule has 0 aliphatic heterocycles. The molecular formula is C18H14ClF3N2O2. The van der Waals surface area contributed by atoms with Crippen LogP contribution < -0.4 is 11.1 Å². The highest BCUT2D eigenvalue weighted by Gasteiger charge is 2.30. The van der Waals surface area contributed by atoms with Crippen molar-refractivity contribution in [3.05, 3.63) is 69.8 Å². The molecule has 0 bridgehead atoms. The molecule has 0 aromatic heterocycles. The maximum absolute atomic E-state index is 12.7. The van der Waals surface area contributed by atoms with Crippen LogP contribution in [0.1, 0.15) is 27.0 Å². The minimum absolute atomic E-state index is 0.0666. The van der Waals surface area contributed by atoms with E-state index in [2.05, 4.69) is 5.32 Å². The lowest BCUT2D eigenvalue weighted by Crippen LogP contribution is -2.13. The summed E-state index contributed by atoms with van der Waals surface area (Å²) in [6.45, 7) is 1.66. The van der Waals surface area contributed by atoms with E-state index in [4.69, 9.17) is 17.3 Å². The highest BCUT2D eigenvalue weighted by Crippen LogP contribution is 2.32. The Balaban J connectivity index is 2.15. The average molecular weight is 383 g/mol. The first-order valence-electron chi connectivity index (χ1n) is 7.34. The summed E-state index contributed by atoms with van der Waals surface area (Å²) < 4.78 is 38.2. The zero-order valence-electron chi connectivity index (χ0n) is 13.5. The van der Waals surface area contributed by atoms with Crippen molar-refractivity contribution in [2.24, 2.45) is 5.73 Å². The van der Waals surface area contributed by atoms with Crippen molar-refractivity contribution in [3.8, 4) is 0 Å². The molecule has 2 rings (SSSR count). The molecule has 0 spiro atoms. The largest absolute Gasteiger partial charge is 0.416 e. The molecule has 26 heavy (non-hydrogen) atoms. The standard InChI is InChI=1S/C18H14ClF3N2O2/c1-10-8-13(4-5-14(10)17(23)26)24-16(25)7-2-11-9-12(18(20,21)22)3-6-15(11)19/h2-9H,1H3,(H2,23,26)(H,24,25)/b7-2+. The van der Waals surface area contributed by atoms with Gasteiger partial charge < -0.3 is 11.1 Å². The average Bonchev–Trinajstić information content (AvgIpc) is 2.52. The molecule has 0 saturated carbocycles. The Bertz CT molecular complexity index is 892. The van der Waals surface area contributed by atoms with E-state index in [9.17, 15) is 22.8 Å². The van der Waals surface area contributed by atoms with Gasteiger partial charge in [0.15, 0.2) is 0 Å². The van der Waals surface area contributed by atoms with Crippen molar-refractivity contribution in [1.29, 1.82) is 0 Å². The van der Waals surface area contributed by atoms with Crippen LogP contribution in [0, 0.1) is 6.92 Å². The van der Waals surface area contributed by atoms with Gasteiger partial charge in [0.2, 0.25) is 11.8 Å². The summed E-state index contributed by atoms with van der Waals surface area (Å²) in [5.74, 6) is -1.15. The van der Waals surface area contributed by atoms with Crippen LogP contribution in [0.4, 0.5) is 18.9 Å². The Morgan fingerprint density at radius 1 is 1.15 bits per heavy atom. The van der Waals surface area contributed by atoms with Crippen LogP contribution in [0.25, 0.3) is 6.08 Å². The third kappa shape index (κ3) is 4.86. The fraction of sp³-hybridized carbons (Fsp3) is 0.111. The monoisotopic (exact) mass is 382 g/mol. The number of amides is 2. The summed E-state index contributed by atoms with van der Waals surface area (Å²) in [6, 6.07) is 7.37. The van der Waals surface area contributed by atoms with Crippen LogP contribution in [0.15, 0.2) is 42.5 Å². The van der Waals surface area contributed by atoms with Crippen LogP contribution in [-0.2, 0) is 11.0 Å². The zero-order chi connectivity index (χ0) is 19.5. The van der Waals surface area contributed by atoms with E-state index in [1.807, 2.05) is 0 Å². The Labute approximate surface area is 152 Å². The number of alkyl halides is 3. The van der Waals surface area contributed by atoms with E-state index >= 15 is 0 Å². The molecule has 2 aromatic rings. The Morgan fingerprint density at radius 2 is 1.85 bits per heavy atom. The molecule has 4 nitrogen and oxygen atoms in total. The van der Waals surface area contributed by atoms with Gasteiger partial charge in [0.25, 0.3) is 0 Å². The number of carbonyl (C=O) groups excluding carboxylic acids is 2. The lowest BCUT2D eigenvalue weighted by atomic mass is 10.1. The first-order valence-corrected chi connectivity index (χ1v) is 7.72. The summed E-state index contributed by atoms with van der Waals surface area (Å²) in [7, 11) is 0. The van der Waals surface area contributed by atoms with Gasteiger partial charge in [0.05, 0.1) is 5.56 Å². The Kier molecular flexibility index (Phi) is 5.72. The van der Waals surface area contributed by atoms with Gasteiger partial charge in [0, 0.05) is 22.3 Å². The van der Waals surface area contributed by atoms with Crippen molar-refractivity contribution < 1.29 is 22.8 Å². The molecular weight excluding hydrogens is 369 g/mol. The predicted molar refractivity (Wildman–Crippen MR) is 93.8 cm³/mol. The van der Waals surface area contributed by atoms with E-state index < -0.39 is 23.6 Å². The molecule has 0 aliphatic rings. The first-order chi connectivity index (χ1) is 12.1. The smallest absolute Gasteiger partial charge is 0.366 e. The minimum Gasteiger partial charge on any atom is -0.366 e. The van der Waals surface area contributed by atoms with Crippen molar-refractivity contribution in [2.45, 2.75) is 13.1 Å². The molecule has 0 atom stereocenters. The zero-order valence-corrected chi connectivity index (χ0v) is 14.3. The third-order valence-electron chi connectivity index (χ3n) is 3.50. The van der Waals surface area contributed by atoms with E-state index in [1.165, 1.54) is 18.2 Å². The summed E-state index contributed by atoms with van der Waals surface area (Å²) in [4.78, 5) is 23.1. The predicted octanol–water partition coefficient (Wildman–Crippen LogP) is 4.42. The fourth-order valence-electron chi connectivity index (χ4n) is 2.22. The fourth-order valence-corrected chi connectivity index (χ4v) is 2.40. The molecule has 2 amide bonds. The number of anilines is 1. The number of nitrogens with one attached hydrogen (secondary N) is 1. The van der Waals surface area contributed by atoms with Gasteiger partial charge in [-0.3, -0.25) is 9.59 Å². The topological polar surface area (TPSA) is 72.2 Å². The Hall–Kier alpha value is -2.80. The number of halogens is 4. The molecule has 0 unspecified atom stereocenters. The van der Waals surface area contributed by atoms with Gasteiger partial charge in [-0.2, -0.15) is 13.2 Å². The number of primary amides is 1. The number of carbonyl (C=O) groups is 2. The molecule has 0 aliphatic carbocycles. The van der Waals surface area contributed by atoms with Crippen LogP contribution in [0.5, 0.6) is 0 Å². The van der Waals surface area contributed by atoms with E-state index in [0.717, 1.165) is 24.3 Å². The van der Waals surface area contributed by atoms with Crippen molar-refractivity contribution >= 4 is 35.2 Å². The van der Waals surface area contributed by atoms with E-state index in [1.54, 1.807) is 13.0 Å². The summed E-state index contributed by atoms with van der Waals surface area (Å²) >= 11 is 5.86. The van der Waals surface area contributed by atoms with Gasteiger partial charge in [0.1, 0.15) is 0 Å². The van der Waals surface area contributed by atoms with Crippen LogP contribution in [0.2, 0.25) is 5.02 Å². The molecule has 8 heteroatoms. The second-order valence-electron chi connectivity index (χ2n) is 5.45. The van der Waals surface area contributed by atoms with Crippen molar-refractivity contribution in [1.82, 2.24) is 0 Å². The van der Waals surface area contributed by atoms with Crippen LogP contribution in [-0.4, -0.2) is 11.8 Å². The molecule has 0 fully saturated rings. The second-order valence-corrected chi connectivity index (χ2v) is 5.86. The molecule has 136 valence electrons. The number of hydrogen-bond acceptors (Lipinski definition) is 2. The number of nitrogens with two attached hydrogens (primary N) is 1. The van der Waals surface area contributed by atoms with Crippen LogP contribution >= 0.6 is 11.6 Å². The number of aryl methyl sites for hydroxylation is 1. The van der Waals surface area contributed by atoms with Gasteiger partial charge >= 0.3 is 6.18 Å². The number of benzene rings is 2. The van der Waals surface area contributed by atoms with Gasteiger partial charge in [-0.25, -0.2) is 0 Å². The quantitative estimate of drug-likeness (QED) is 0.768. The molecule has 0 radical (unpaired) electrons. The number of rotatable bonds is 4. The second kappa shape index (κ2) is 7.61. The van der Waals surface area contributed by atoms with Gasteiger partial charge in [-0.15, -0.1) is 0 Å². The highest BCUT2D eigenvalue weighted by molar-refractivity contribution is 6.32. The van der Waals surface area contributed by atoms with Crippen molar-refractivity contribution in [3.63, 3.8) is 0 Å². The maximum Gasteiger partial charge on any atom is 0.416 e. The first kappa shape index (κ1) is 19.5. The van der Waals surface area contributed by atoms with E-state index in [0.29, 0.717) is 16.8 Å². The number of hydrogen-bond donors (Lipinski definition) is 2.